The van der Waals surface area contributed by atoms with Crippen LogP contribution in [0.5, 0.6) is 11.5 Å². The van der Waals surface area contributed by atoms with Gasteiger partial charge in [-0.2, -0.15) is 0 Å². The number of carbonyl (C=O) groups is 1. The maximum Gasteiger partial charge on any atom is 0.264 e. The second kappa shape index (κ2) is 6.72. The first-order chi connectivity index (χ1) is 12.7. The molecule has 1 amide bonds. The third kappa shape index (κ3) is 3.14. The summed E-state index contributed by atoms with van der Waals surface area (Å²) < 4.78 is 10.9. The SMILES string of the molecule is O=C(Nc1ccc2c(c1)OCCO2)c1cnc(-c2ccccc2)[nH]c1=O. The molecule has 7 heteroatoms. The summed E-state index contributed by atoms with van der Waals surface area (Å²) in [6.07, 6.45) is 1.27. The third-order valence-electron chi connectivity index (χ3n) is 3.89. The van der Waals surface area contributed by atoms with Gasteiger partial charge in [0.1, 0.15) is 24.6 Å². The minimum atomic E-state index is -0.546. The fourth-order valence-electron chi connectivity index (χ4n) is 2.62. The molecule has 0 unspecified atom stereocenters. The van der Waals surface area contributed by atoms with Gasteiger partial charge < -0.3 is 19.8 Å². The van der Waals surface area contributed by atoms with Crippen LogP contribution in [0.1, 0.15) is 10.4 Å². The molecular weight excluding hydrogens is 334 g/mol. The number of ether oxygens (including phenoxy) is 2. The molecular formula is C19H15N3O4. The molecule has 0 aliphatic carbocycles. The van der Waals surface area contributed by atoms with Gasteiger partial charge in [-0.15, -0.1) is 0 Å². The number of benzene rings is 2. The molecule has 0 radical (unpaired) electrons. The maximum atomic E-state index is 12.4. The van der Waals surface area contributed by atoms with E-state index < -0.39 is 11.5 Å². The van der Waals surface area contributed by atoms with Gasteiger partial charge in [0.15, 0.2) is 11.5 Å². The maximum absolute atomic E-state index is 12.4. The average Bonchev–Trinajstić information content (AvgIpc) is 2.68. The van der Waals surface area contributed by atoms with Crippen molar-refractivity contribution in [2.24, 2.45) is 0 Å². The zero-order chi connectivity index (χ0) is 17.9. The second-order valence-electron chi connectivity index (χ2n) is 5.65. The number of aromatic nitrogens is 2. The van der Waals surface area contributed by atoms with Crippen LogP contribution in [-0.2, 0) is 0 Å². The zero-order valence-electron chi connectivity index (χ0n) is 13.7. The van der Waals surface area contributed by atoms with E-state index in [0.717, 1.165) is 5.56 Å². The molecule has 0 atom stereocenters. The number of nitrogens with zero attached hydrogens (tertiary/aromatic N) is 1. The summed E-state index contributed by atoms with van der Waals surface area (Å²) in [5.74, 6) is 1.04. The normalized spacial score (nSPS) is 12.5. The van der Waals surface area contributed by atoms with Gasteiger partial charge in [0, 0.05) is 23.5 Å². The van der Waals surface area contributed by atoms with Crippen LogP contribution < -0.4 is 20.3 Å². The molecule has 2 heterocycles. The van der Waals surface area contributed by atoms with Crippen molar-refractivity contribution in [2.45, 2.75) is 0 Å². The van der Waals surface area contributed by atoms with Crippen molar-refractivity contribution in [1.29, 1.82) is 0 Å². The van der Waals surface area contributed by atoms with Crippen molar-refractivity contribution in [1.82, 2.24) is 9.97 Å². The molecule has 1 aliphatic rings. The highest BCUT2D eigenvalue weighted by molar-refractivity contribution is 6.04. The van der Waals surface area contributed by atoms with Gasteiger partial charge in [0.05, 0.1) is 0 Å². The Hall–Kier alpha value is -3.61. The van der Waals surface area contributed by atoms with Gasteiger partial charge >= 0.3 is 0 Å². The number of rotatable bonds is 3. The van der Waals surface area contributed by atoms with Gasteiger partial charge in [0.25, 0.3) is 11.5 Å². The van der Waals surface area contributed by atoms with E-state index >= 15 is 0 Å². The summed E-state index contributed by atoms with van der Waals surface area (Å²) in [5.41, 5.74) is 0.697. The monoisotopic (exact) mass is 349 g/mol. The number of carbonyl (C=O) groups excluding carboxylic acids is 1. The summed E-state index contributed by atoms with van der Waals surface area (Å²) >= 11 is 0. The molecule has 7 nitrogen and oxygen atoms in total. The highest BCUT2D eigenvalue weighted by atomic mass is 16.6. The molecule has 2 N–H and O–H groups in total. The molecule has 1 aromatic heterocycles. The van der Waals surface area contributed by atoms with Crippen LogP contribution >= 0.6 is 0 Å². The molecule has 4 rings (SSSR count). The van der Waals surface area contributed by atoms with Gasteiger partial charge in [-0.05, 0) is 12.1 Å². The molecule has 1 aliphatic heterocycles. The molecule has 2 aromatic carbocycles. The topological polar surface area (TPSA) is 93.3 Å². The molecule has 130 valence electrons. The number of H-pyrrole nitrogens is 1. The van der Waals surface area contributed by atoms with Crippen molar-refractivity contribution in [3.05, 3.63) is 70.6 Å². The Morgan fingerprint density at radius 1 is 1.04 bits per heavy atom. The number of amides is 1. The Morgan fingerprint density at radius 3 is 2.58 bits per heavy atom. The molecule has 3 aromatic rings. The lowest BCUT2D eigenvalue weighted by atomic mass is 10.2. The Kier molecular flexibility index (Phi) is 4.10. The van der Waals surface area contributed by atoms with E-state index in [1.165, 1.54) is 6.20 Å². The third-order valence-corrected chi connectivity index (χ3v) is 3.89. The fraction of sp³-hybridized carbons (Fsp3) is 0.105. The van der Waals surface area contributed by atoms with E-state index in [4.69, 9.17) is 9.47 Å². The summed E-state index contributed by atoms with van der Waals surface area (Å²) in [6, 6.07) is 14.3. The van der Waals surface area contributed by atoms with Gasteiger partial charge in [0.2, 0.25) is 0 Å². The lowest BCUT2D eigenvalue weighted by Crippen LogP contribution is -2.24. The Labute approximate surface area is 148 Å². The number of anilines is 1. The Bertz CT molecular complexity index is 1010. The minimum Gasteiger partial charge on any atom is -0.486 e. The van der Waals surface area contributed by atoms with Gasteiger partial charge in [-0.3, -0.25) is 9.59 Å². The van der Waals surface area contributed by atoms with E-state index in [9.17, 15) is 9.59 Å². The Morgan fingerprint density at radius 2 is 1.81 bits per heavy atom. The predicted molar refractivity (Wildman–Crippen MR) is 95.7 cm³/mol. The zero-order valence-corrected chi connectivity index (χ0v) is 13.7. The predicted octanol–water partition coefficient (Wildman–Crippen LogP) is 2.46. The summed E-state index contributed by atoms with van der Waals surface area (Å²) in [5, 5.41) is 2.67. The first-order valence-electron chi connectivity index (χ1n) is 8.06. The number of aromatic amines is 1. The van der Waals surface area contributed by atoms with Crippen LogP contribution in [0.25, 0.3) is 11.4 Å². The van der Waals surface area contributed by atoms with Gasteiger partial charge in [-0.1, -0.05) is 30.3 Å². The fourth-order valence-corrected chi connectivity index (χ4v) is 2.62. The van der Waals surface area contributed by atoms with Crippen molar-refractivity contribution in [2.75, 3.05) is 18.5 Å². The molecule has 0 spiro atoms. The van der Waals surface area contributed by atoms with E-state index in [1.54, 1.807) is 18.2 Å². The lowest BCUT2D eigenvalue weighted by Gasteiger charge is -2.18. The van der Waals surface area contributed by atoms with Gasteiger partial charge in [-0.25, -0.2) is 4.98 Å². The van der Waals surface area contributed by atoms with E-state index in [2.05, 4.69) is 15.3 Å². The van der Waals surface area contributed by atoms with Crippen LogP contribution in [0.15, 0.2) is 59.5 Å². The van der Waals surface area contributed by atoms with E-state index in [1.807, 2.05) is 30.3 Å². The molecule has 0 fully saturated rings. The summed E-state index contributed by atoms with van der Waals surface area (Å²) in [4.78, 5) is 31.5. The average molecular weight is 349 g/mol. The Balaban J connectivity index is 1.56. The largest absolute Gasteiger partial charge is 0.486 e. The van der Waals surface area contributed by atoms with E-state index in [0.29, 0.717) is 36.2 Å². The minimum absolute atomic E-state index is 0.0698. The lowest BCUT2D eigenvalue weighted by molar-refractivity contribution is 0.102. The number of hydrogen-bond donors (Lipinski definition) is 2. The van der Waals surface area contributed by atoms with Crippen LogP contribution in [-0.4, -0.2) is 29.1 Å². The highest BCUT2D eigenvalue weighted by Gasteiger charge is 2.16. The number of hydrogen-bond acceptors (Lipinski definition) is 5. The highest BCUT2D eigenvalue weighted by Crippen LogP contribution is 2.32. The van der Waals surface area contributed by atoms with Crippen LogP contribution in [0, 0.1) is 0 Å². The van der Waals surface area contributed by atoms with E-state index in [-0.39, 0.29) is 5.56 Å². The van der Waals surface area contributed by atoms with Crippen LogP contribution in [0.3, 0.4) is 0 Å². The first-order valence-corrected chi connectivity index (χ1v) is 8.06. The van der Waals surface area contributed by atoms with Crippen molar-refractivity contribution in [3.8, 4) is 22.9 Å². The standard InChI is InChI=1S/C19H15N3O4/c23-18(21-13-6-7-15-16(10-13)26-9-8-25-15)14-11-20-17(22-19(14)24)12-4-2-1-3-5-12/h1-7,10-11H,8-9H2,(H,21,23)(H,20,22,24). The molecule has 0 bridgehead atoms. The molecule has 0 saturated heterocycles. The quantitative estimate of drug-likeness (QED) is 0.758. The van der Waals surface area contributed by atoms with Crippen molar-refractivity contribution in [3.63, 3.8) is 0 Å². The number of fused-ring (bicyclic) bond motifs is 1. The first kappa shape index (κ1) is 15.9. The number of nitrogens with one attached hydrogen (secondary N) is 2. The van der Waals surface area contributed by atoms with Crippen molar-refractivity contribution < 1.29 is 14.3 Å². The second-order valence-corrected chi connectivity index (χ2v) is 5.65. The summed E-state index contributed by atoms with van der Waals surface area (Å²) in [6.45, 7) is 0.947. The molecule has 0 saturated carbocycles. The van der Waals surface area contributed by atoms with Crippen molar-refractivity contribution >= 4 is 11.6 Å². The van der Waals surface area contributed by atoms with Crippen LogP contribution in [0.4, 0.5) is 5.69 Å². The summed E-state index contributed by atoms with van der Waals surface area (Å²) in [7, 11) is 0. The molecule has 26 heavy (non-hydrogen) atoms. The smallest absolute Gasteiger partial charge is 0.264 e. The van der Waals surface area contributed by atoms with Crippen LogP contribution in [0.2, 0.25) is 0 Å².